The van der Waals surface area contributed by atoms with E-state index in [1.807, 2.05) is 0 Å². The number of carboxylic acid groups (broad SMARTS) is 1. The number of amides is 1. The molecule has 0 bridgehead atoms. The molecular formula is C11H14N2O4. The smallest absolute Gasteiger partial charge is 0.326 e. The third-order valence-corrected chi connectivity index (χ3v) is 2.26. The fourth-order valence-corrected chi connectivity index (χ4v) is 1.33. The van der Waals surface area contributed by atoms with Crippen LogP contribution in [0.25, 0.3) is 0 Å². The quantitative estimate of drug-likeness (QED) is 0.577. The first-order valence-electron chi connectivity index (χ1n) is 5.14. The molecule has 0 aliphatic carbocycles. The molecule has 1 amide bonds. The molecule has 0 spiro atoms. The molecule has 0 fully saturated rings. The summed E-state index contributed by atoms with van der Waals surface area (Å²) in [5.41, 5.74) is 0.134. The Bertz CT molecular complexity index is 431. The zero-order chi connectivity index (χ0) is 13.0. The van der Waals surface area contributed by atoms with Crippen molar-refractivity contribution in [2.75, 3.05) is 0 Å². The van der Waals surface area contributed by atoms with E-state index in [9.17, 15) is 14.8 Å². The fraction of sp³-hybridized carbons (Fsp3) is 0.364. The summed E-state index contributed by atoms with van der Waals surface area (Å²) in [6.07, 6.45) is 2.34. The molecule has 0 saturated heterocycles. The number of pyridine rings is 1. The van der Waals surface area contributed by atoms with E-state index in [2.05, 4.69) is 5.32 Å². The molecule has 1 heterocycles. The lowest BCUT2D eigenvalue weighted by Crippen LogP contribution is -2.44. The van der Waals surface area contributed by atoms with E-state index in [0.29, 0.717) is 4.73 Å². The van der Waals surface area contributed by atoms with Gasteiger partial charge >= 0.3 is 5.97 Å². The van der Waals surface area contributed by atoms with Crippen molar-refractivity contribution in [2.24, 2.45) is 5.92 Å². The standard InChI is InChI=1S/C11H14N2O4/c1-7(2)9(11(15)16)12-10(14)8-4-3-5-13(17)6-8/h3-7,9H,1-2H3,(H,12,14)(H,15,16). The van der Waals surface area contributed by atoms with Gasteiger partial charge in [-0.05, 0) is 12.0 Å². The molecule has 1 aromatic rings. The van der Waals surface area contributed by atoms with E-state index in [4.69, 9.17) is 5.11 Å². The van der Waals surface area contributed by atoms with Crippen LogP contribution in [0.2, 0.25) is 0 Å². The molecule has 2 N–H and O–H groups in total. The van der Waals surface area contributed by atoms with Crippen molar-refractivity contribution in [3.8, 4) is 0 Å². The number of aliphatic carboxylic acids is 1. The van der Waals surface area contributed by atoms with Crippen LogP contribution < -0.4 is 10.0 Å². The van der Waals surface area contributed by atoms with Crippen LogP contribution in [0.15, 0.2) is 24.5 Å². The Morgan fingerprint density at radius 2 is 2.12 bits per heavy atom. The number of carbonyl (C=O) groups is 2. The predicted molar refractivity (Wildman–Crippen MR) is 59.1 cm³/mol. The van der Waals surface area contributed by atoms with Crippen LogP contribution in [0, 0.1) is 11.1 Å². The van der Waals surface area contributed by atoms with Crippen LogP contribution in [0.1, 0.15) is 24.2 Å². The molecule has 6 nitrogen and oxygen atoms in total. The van der Waals surface area contributed by atoms with Crippen LogP contribution in [0.4, 0.5) is 0 Å². The molecule has 0 aliphatic rings. The number of carboxylic acids is 1. The molecular weight excluding hydrogens is 224 g/mol. The largest absolute Gasteiger partial charge is 0.619 e. The Labute approximate surface area is 98.5 Å². The lowest BCUT2D eigenvalue weighted by atomic mass is 10.0. The van der Waals surface area contributed by atoms with Crippen molar-refractivity contribution in [3.05, 3.63) is 35.3 Å². The summed E-state index contributed by atoms with van der Waals surface area (Å²) in [5, 5.41) is 22.2. The number of nitrogens with zero attached hydrogens (tertiary/aromatic N) is 1. The Kier molecular flexibility index (Phi) is 4.03. The van der Waals surface area contributed by atoms with Gasteiger partial charge in [-0.15, -0.1) is 0 Å². The molecule has 92 valence electrons. The molecule has 1 unspecified atom stereocenters. The molecule has 0 saturated carbocycles. The first-order chi connectivity index (χ1) is 7.91. The highest BCUT2D eigenvalue weighted by atomic mass is 16.5. The van der Waals surface area contributed by atoms with Gasteiger partial charge in [0.1, 0.15) is 11.6 Å². The van der Waals surface area contributed by atoms with Crippen molar-refractivity contribution in [1.29, 1.82) is 0 Å². The lowest BCUT2D eigenvalue weighted by Gasteiger charge is -2.17. The third kappa shape index (κ3) is 3.44. The maximum Gasteiger partial charge on any atom is 0.326 e. The van der Waals surface area contributed by atoms with Gasteiger partial charge in [0.15, 0.2) is 12.4 Å². The Hall–Kier alpha value is -2.11. The number of hydrogen-bond donors (Lipinski definition) is 2. The number of nitrogens with one attached hydrogen (secondary N) is 1. The Balaban J connectivity index is 2.81. The van der Waals surface area contributed by atoms with Gasteiger partial charge in [-0.25, -0.2) is 4.79 Å². The molecule has 1 aromatic heterocycles. The van der Waals surface area contributed by atoms with Crippen molar-refractivity contribution in [2.45, 2.75) is 19.9 Å². The zero-order valence-electron chi connectivity index (χ0n) is 9.58. The second-order valence-corrected chi connectivity index (χ2v) is 3.99. The highest BCUT2D eigenvalue weighted by Gasteiger charge is 2.24. The van der Waals surface area contributed by atoms with Gasteiger partial charge in [0.2, 0.25) is 0 Å². The zero-order valence-corrected chi connectivity index (χ0v) is 9.58. The second-order valence-electron chi connectivity index (χ2n) is 3.99. The minimum Gasteiger partial charge on any atom is -0.619 e. The monoisotopic (exact) mass is 238 g/mol. The fourth-order valence-electron chi connectivity index (χ4n) is 1.33. The number of rotatable bonds is 4. The van der Waals surface area contributed by atoms with Crippen molar-refractivity contribution >= 4 is 11.9 Å². The third-order valence-electron chi connectivity index (χ3n) is 2.26. The van der Waals surface area contributed by atoms with Crippen LogP contribution >= 0.6 is 0 Å². The molecule has 17 heavy (non-hydrogen) atoms. The summed E-state index contributed by atoms with van der Waals surface area (Å²) in [6, 6.07) is 1.90. The first-order valence-corrected chi connectivity index (χ1v) is 5.14. The summed E-state index contributed by atoms with van der Waals surface area (Å²) in [6.45, 7) is 3.38. The van der Waals surface area contributed by atoms with E-state index in [1.54, 1.807) is 13.8 Å². The summed E-state index contributed by atoms with van der Waals surface area (Å²) >= 11 is 0. The Morgan fingerprint density at radius 3 is 2.59 bits per heavy atom. The highest BCUT2D eigenvalue weighted by Crippen LogP contribution is 2.03. The molecule has 1 atom stereocenters. The van der Waals surface area contributed by atoms with Gasteiger partial charge in [-0.1, -0.05) is 13.8 Å². The number of hydrogen-bond acceptors (Lipinski definition) is 3. The van der Waals surface area contributed by atoms with Crippen molar-refractivity contribution < 1.29 is 19.4 Å². The van der Waals surface area contributed by atoms with E-state index in [1.165, 1.54) is 18.3 Å². The van der Waals surface area contributed by atoms with Gasteiger partial charge in [-0.2, -0.15) is 4.73 Å². The molecule has 0 aliphatic heterocycles. The minimum atomic E-state index is -1.10. The summed E-state index contributed by atoms with van der Waals surface area (Å²) < 4.78 is 0.486. The van der Waals surface area contributed by atoms with Crippen LogP contribution in [0.3, 0.4) is 0 Å². The van der Waals surface area contributed by atoms with Gasteiger partial charge in [0.25, 0.3) is 5.91 Å². The van der Waals surface area contributed by atoms with Crippen molar-refractivity contribution in [1.82, 2.24) is 5.32 Å². The average molecular weight is 238 g/mol. The van der Waals surface area contributed by atoms with Crippen LogP contribution in [-0.2, 0) is 4.79 Å². The molecule has 1 rings (SSSR count). The summed E-state index contributed by atoms with van der Waals surface area (Å²) in [7, 11) is 0. The van der Waals surface area contributed by atoms with E-state index in [0.717, 1.165) is 6.20 Å². The summed E-state index contributed by atoms with van der Waals surface area (Å²) in [4.78, 5) is 22.6. The lowest BCUT2D eigenvalue weighted by molar-refractivity contribution is -0.605. The summed E-state index contributed by atoms with van der Waals surface area (Å²) in [5.74, 6) is -1.91. The second kappa shape index (κ2) is 5.29. The van der Waals surface area contributed by atoms with Gasteiger partial charge in [-0.3, -0.25) is 4.79 Å². The van der Waals surface area contributed by atoms with Gasteiger partial charge in [0.05, 0.1) is 0 Å². The first kappa shape index (κ1) is 13.0. The minimum absolute atomic E-state index is 0.134. The van der Waals surface area contributed by atoms with Crippen molar-refractivity contribution in [3.63, 3.8) is 0 Å². The van der Waals surface area contributed by atoms with E-state index in [-0.39, 0.29) is 11.5 Å². The molecule has 0 aromatic carbocycles. The average Bonchev–Trinajstić information content (AvgIpc) is 2.24. The highest BCUT2D eigenvalue weighted by molar-refractivity contribution is 5.96. The maximum atomic E-state index is 11.7. The maximum absolute atomic E-state index is 11.7. The predicted octanol–water partition coefficient (Wildman–Crippen LogP) is 0.159. The van der Waals surface area contributed by atoms with E-state index < -0.39 is 17.9 Å². The van der Waals surface area contributed by atoms with Crippen LogP contribution in [0.5, 0.6) is 0 Å². The number of carbonyl (C=O) groups excluding carboxylic acids is 1. The number of aromatic nitrogens is 1. The SMILES string of the molecule is CC(C)C(NC(=O)c1ccc[n+]([O-])c1)C(=O)O. The van der Waals surface area contributed by atoms with Gasteiger partial charge in [0, 0.05) is 6.07 Å². The normalized spacial score (nSPS) is 12.2. The van der Waals surface area contributed by atoms with Crippen LogP contribution in [-0.4, -0.2) is 23.0 Å². The van der Waals surface area contributed by atoms with E-state index >= 15 is 0 Å². The molecule has 0 radical (unpaired) electrons. The topological polar surface area (TPSA) is 93.3 Å². The van der Waals surface area contributed by atoms with Gasteiger partial charge < -0.3 is 15.6 Å². The molecule has 6 heteroatoms. The Morgan fingerprint density at radius 1 is 1.47 bits per heavy atom.